The number of nitrogens with one attached hydrogen (secondary N) is 3. The van der Waals surface area contributed by atoms with Gasteiger partial charge in [-0.2, -0.15) is 0 Å². The molecule has 0 unspecified atom stereocenters. The van der Waals surface area contributed by atoms with Crippen LogP contribution >= 0.6 is 8.37 Å². The molecular weight excluding hydrogens is 181 g/mol. The van der Waals surface area contributed by atoms with Crippen molar-refractivity contribution in [1.82, 2.24) is 15.3 Å². The normalized spacial score (nSPS) is 11.1. The van der Waals surface area contributed by atoms with Crippen LogP contribution in [0.4, 0.5) is 0 Å². The minimum Gasteiger partial charge on any atom is -0.271 e. The van der Waals surface area contributed by atoms with Gasteiger partial charge in [0.15, 0.2) is 0 Å². The van der Waals surface area contributed by atoms with E-state index in [1.54, 1.807) is 0 Å². The van der Waals surface area contributed by atoms with Gasteiger partial charge in [0.05, 0.1) is 0 Å². The van der Waals surface area contributed by atoms with Gasteiger partial charge in [-0.05, 0) is 19.3 Å². The molecule has 3 nitrogen and oxygen atoms in total. The maximum Gasteiger partial charge on any atom is 0.111 e. The molecule has 0 aromatic carbocycles. The molecule has 0 aromatic rings. The Hall–Kier alpha value is 0.310. The van der Waals surface area contributed by atoms with Crippen LogP contribution in [0, 0.1) is 0 Å². The van der Waals surface area contributed by atoms with Gasteiger partial charge < -0.3 is 0 Å². The lowest BCUT2D eigenvalue weighted by atomic mass is 10.5. The van der Waals surface area contributed by atoms with Crippen molar-refractivity contribution in [3.8, 4) is 0 Å². The van der Waals surface area contributed by atoms with Crippen molar-refractivity contribution in [3.05, 3.63) is 0 Å². The summed E-state index contributed by atoms with van der Waals surface area (Å²) >= 11 is 0. The highest BCUT2D eigenvalue weighted by molar-refractivity contribution is 7.51. The first kappa shape index (κ1) is 13.3. The molecule has 0 saturated heterocycles. The monoisotopic (exact) mass is 205 g/mol. The fraction of sp³-hybridized carbons (Fsp3) is 1.00. The Labute approximate surface area is 84.0 Å². The predicted molar refractivity (Wildman–Crippen MR) is 61.8 cm³/mol. The van der Waals surface area contributed by atoms with Gasteiger partial charge in [0.2, 0.25) is 0 Å². The molecule has 0 fully saturated rings. The van der Waals surface area contributed by atoms with Gasteiger partial charge in [-0.3, -0.25) is 15.3 Å². The second kappa shape index (κ2) is 10.4. The third-order valence-electron chi connectivity index (χ3n) is 1.56. The van der Waals surface area contributed by atoms with Crippen molar-refractivity contribution in [2.75, 3.05) is 19.6 Å². The highest BCUT2D eigenvalue weighted by Gasteiger charge is 2.03. The lowest BCUT2D eigenvalue weighted by molar-refractivity contribution is 0.779. The molecule has 0 atom stereocenters. The summed E-state index contributed by atoms with van der Waals surface area (Å²) in [6.07, 6.45) is 3.58. The van der Waals surface area contributed by atoms with Gasteiger partial charge in [0, 0.05) is 19.6 Å². The summed E-state index contributed by atoms with van der Waals surface area (Å²) in [5.74, 6) is 0. The van der Waals surface area contributed by atoms with Crippen LogP contribution in [0.3, 0.4) is 0 Å². The number of hydrogen-bond acceptors (Lipinski definition) is 3. The van der Waals surface area contributed by atoms with Crippen molar-refractivity contribution in [2.24, 2.45) is 0 Å². The zero-order valence-electron chi connectivity index (χ0n) is 9.19. The largest absolute Gasteiger partial charge is 0.271 e. The molecule has 0 spiro atoms. The highest BCUT2D eigenvalue weighted by Crippen LogP contribution is 2.17. The highest BCUT2D eigenvalue weighted by atomic mass is 31.1. The van der Waals surface area contributed by atoms with E-state index in [1.165, 1.54) is 19.3 Å². The number of hydrogen-bond donors (Lipinski definition) is 3. The van der Waals surface area contributed by atoms with Crippen LogP contribution in [0.2, 0.25) is 0 Å². The lowest BCUT2D eigenvalue weighted by Gasteiger charge is -2.19. The molecule has 0 aliphatic heterocycles. The summed E-state index contributed by atoms with van der Waals surface area (Å²) in [5.41, 5.74) is 0. The standard InChI is InChI=1S/C9H24N3P/c1-4-7-10-13(11-8-5-2)12-9-6-3/h10-12H,4-9H2,1-3H3. The fourth-order valence-electron chi connectivity index (χ4n) is 0.839. The van der Waals surface area contributed by atoms with Gasteiger partial charge in [-0.1, -0.05) is 20.8 Å². The Bertz CT molecular complexity index is 81.8. The average molecular weight is 205 g/mol. The quantitative estimate of drug-likeness (QED) is 0.505. The summed E-state index contributed by atoms with van der Waals surface area (Å²) in [6, 6.07) is 0. The summed E-state index contributed by atoms with van der Waals surface area (Å²) in [7, 11) is -0.328. The smallest absolute Gasteiger partial charge is 0.111 e. The van der Waals surface area contributed by atoms with Crippen LogP contribution in [-0.4, -0.2) is 19.6 Å². The maximum absolute atomic E-state index is 3.48. The van der Waals surface area contributed by atoms with Crippen LogP contribution < -0.4 is 15.3 Å². The molecule has 0 amide bonds. The second-order valence-corrected chi connectivity index (χ2v) is 4.68. The first-order chi connectivity index (χ1) is 6.35. The van der Waals surface area contributed by atoms with E-state index in [2.05, 4.69) is 36.0 Å². The topological polar surface area (TPSA) is 36.1 Å². The second-order valence-electron chi connectivity index (χ2n) is 3.06. The molecule has 0 aromatic heterocycles. The third kappa shape index (κ3) is 8.63. The molecule has 0 rings (SSSR count). The first-order valence-electron chi connectivity index (χ1n) is 5.35. The summed E-state index contributed by atoms with van der Waals surface area (Å²) in [6.45, 7) is 9.87. The summed E-state index contributed by atoms with van der Waals surface area (Å²) in [4.78, 5) is 0. The van der Waals surface area contributed by atoms with Crippen molar-refractivity contribution in [3.63, 3.8) is 0 Å². The van der Waals surface area contributed by atoms with Crippen molar-refractivity contribution in [2.45, 2.75) is 40.0 Å². The SMILES string of the molecule is CCCNP(NCCC)NCCC. The zero-order chi connectivity index (χ0) is 9.94. The molecular formula is C9H24N3P. The van der Waals surface area contributed by atoms with Gasteiger partial charge in [0.25, 0.3) is 0 Å². The lowest BCUT2D eigenvalue weighted by Crippen LogP contribution is -2.29. The van der Waals surface area contributed by atoms with Crippen LogP contribution in [0.5, 0.6) is 0 Å². The third-order valence-corrected chi connectivity index (χ3v) is 3.18. The van der Waals surface area contributed by atoms with Crippen LogP contribution in [0.25, 0.3) is 0 Å². The maximum atomic E-state index is 3.48. The molecule has 3 N–H and O–H groups in total. The molecule has 80 valence electrons. The first-order valence-corrected chi connectivity index (χ1v) is 6.69. The molecule has 0 radical (unpaired) electrons. The van der Waals surface area contributed by atoms with Crippen molar-refractivity contribution in [1.29, 1.82) is 0 Å². The molecule has 0 heterocycles. The van der Waals surface area contributed by atoms with Gasteiger partial charge in [-0.25, -0.2) is 0 Å². The van der Waals surface area contributed by atoms with Crippen molar-refractivity contribution >= 4 is 8.37 Å². The zero-order valence-corrected chi connectivity index (χ0v) is 10.1. The van der Waals surface area contributed by atoms with Gasteiger partial charge in [0.1, 0.15) is 8.37 Å². The van der Waals surface area contributed by atoms with E-state index < -0.39 is 0 Å². The van der Waals surface area contributed by atoms with E-state index in [9.17, 15) is 0 Å². The molecule has 13 heavy (non-hydrogen) atoms. The Morgan fingerprint density at radius 1 is 0.692 bits per heavy atom. The Balaban J connectivity index is 3.47. The Kier molecular flexibility index (Phi) is 10.6. The predicted octanol–water partition coefficient (Wildman–Crippen LogP) is 2.21. The summed E-state index contributed by atoms with van der Waals surface area (Å²) in [5, 5.41) is 10.4. The molecule has 0 saturated carbocycles. The Morgan fingerprint density at radius 3 is 1.23 bits per heavy atom. The summed E-state index contributed by atoms with van der Waals surface area (Å²) < 4.78 is 0. The molecule has 0 bridgehead atoms. The van der Waals surface area contributed by atoms with Gasteiger partial charge >= 0.3 is 0 Å². The van der Waals surface area contributed by atoms with E-state index in [1.807, 2.05) is 0 Å². The van der Waals surface area contributed by atoms with E-state index in [0.717, 1.165) is 19.6 Å². The van der Waals surface area contributed by atoms with Crippen LogP contribution in [-0.2, 0) is 0 Å². The molecule has 4 heteroatoms. The van der Waals surface area contributed by atoms with Crippen molar-refractivity contribution < 1.29 is 0 Å². The minimum atomic E-state index is -0.328. The van der Waals surface area contributed by atoms with E-state index in [0.29, 0.717) is 0 Å². The minimum absolute atomic E-state index is 0.328. The molecule has 0 aliphatic carbocycles. The van der Waals surface area contributed by atoms with Crippen LogP contribution in [0.1, 0.15) is 40.0 Å². The molecule has 0 aliphatic rings. The Morgan fingerprint density at radius 2 is 1.00 bits per heavy atom. The fourth-order valence-corrected chi connectivity index (χ4v) is 2.52. The number of rotatable bonds is 9. The van der Waals surface area contributed by atoms with E-state index >= 15 is 0 Å². The van der Waals surface area contributed by atoms with E-state index in [4.69, 9.17) is 0 Å². The average Bonchev–Trinajstić information content (AvgIpc) is 2.17. The van der Waals surface area contributed by atoms with Crippen LogP contribution in [0.15, 0.2) is 0 Å². The van der Waals surface area contributed by atoms with Gasteiger partial charge in [-0.15, -0.1) is 0 Å². The van der Waals surface area contributed by atoms with E-state index in [-0.39, 0.29) is 8.37 Å².